The molecule has 9 heteroatoms. The van der Waals surface area contributed by atoms with E-state index >= 15 is 0 Å². The van der Waals surface area contributed by atoms with Crippen molar-refractivity contribution in [1.29, 1.82) is 0 Å². The van der Waals surface area contributed by atoms with E-state index in [0.717, 1.165) is 23.5 Å². The number of hydrogen-bond acceptors (Lipinski definition) is 5. The summed E-state index contributed by atoms with van der Waals surface area (Å²) in [7, 11) is 0.362. The normalized spacial score (nSPS) is 17.4. The van der Waals surface area contributed by atoms with E-state index in [-0.39, 0.29) is 12.5 Å². The zero-order chi connectivity index (χ0) is 17.9. The predicted octanol–water partition coefficient (Wildman–Crippen LogP) is 0.935. The van der Waals surface area contributed by atoms with E-state index in [9.17, 15) is 13.2 Å². The molecule has 0 saturated carbocycles. The van der Waals surface area contributed by atoms with Crippen molar-refractivity contribution in [2.24, 2.45) is 0 Å². The van der Waals surface area contributed by atoms with Gasteiger partial charge in [0.2, 0.25) is 10.0 Å². The van der Waals surface area contributed by atoms with Crippen LogP contribution in [0.4, 0.5) is 5.69 Å². The molecule has 134 valence electrons. The standard InChI is InChI=1S/C15H22ClN3O4S/c1-18(2)8-4-7-17-15(20)14-10-19(24(3,21)22)12-9-11(16)5-6-13(12)23-14/h5-6,9,14H,4,7-8,10H2,1-3H3,(H,17,20). The molecule has 1 N–H and O–H groups in total. The van der Waals surface area contributed by atoms with Gasteiger partial charge in [0.1, 0.15) is 5.75 Å². The molecule has 1 aromatic rings. The monoisotopic (exact) mass is 375 g/mol. The third-order valence-electron chi connectivity index (χ3n) is 3.56. The topological polar surface area (TPSA) is 79.0 Å². The maximum atomic E-state index is 12.3. The molecule has 0 aromatic heterocycles. The van der Waals surface area contributed by atoms with Gasteiger partial charge in [-0.2, -0.15) is 0 Å². The minimum absolute atomic E-state index is 0.0777. The molecule has 1 unspecified atom stereocenters. The van der Waals surface area contributed by atoms with Crippen LogP contribution >= 0.6 is 11.6 Å². The number of rotatable bonds is 6. The number of halogens is 1. The van der Waals surface area contributed by atoms with Gasteiger partial charge in [-0.3, -0.25) is 9.10 Å². The number of nitrogens with one attached hydrogen (secondary N) is 1. The highest BCUT2D eigenvalue weighted by molar-refractivity contribution is 7.92. The molecule has 0 aliphatic carbocycles. The lowest BCUT2D eigenvalue weighted by molar-refractivity contribution is -0.127. The summed E-state index contributed by atoms with van der Waals surface area (Å²) >= 11 is 5.94. The number of carbonyl (C=O) groups excluding carboxylic acids is 1. The Morgan fingerprint density at radius 2 is 2.17 bits per heavy atom. The Hall–Kier alpha value is -1.51. The zero-order valence-electron chi connectivity index (χ0n) is 14.0. The largest absolute Gasteiger partial charge is 0.476 e. The maximum Gasteiger partial charge on any atom is 0.263 e. The Bertz CT molecular complexity index is 709. The Kier molecular flexibility index (Phi) is 5.95. The Morgan fingerprint density at radius 3 is 2.79 bits per heavy atom. The van der Waals surface area contributed by atoms with Gasteiger partial charge in [-0.25, -0.2) is 8.42 Å². The maximum absolute atomic E-state index is 12.3. The fourth-order valence-corrected chi connectivity index (χ4v) is 3.47. The molecular formula is C15H22ClN3O4S. The summed E-state index contributed by atoms with van der Waals surface area (Å²) in [6.07, 6.45) is 0.996. The molecule has 0 bridgehead atoms. The minimum atomic E-state index is -3.55. The molecular weight excluding hydrogens is 354 g/mol. The van der Waals surface area contributed by atoms with Gasteiger partial charge >= 0.3 is 0 Å². The fraction of sp³-hybridized carbons (Fsp3) is 0.533. The van der Waals surface area contributed by atoms with Crippen LogP contribution in [0, 0.1) is 0 Å². The first kappa shape index (κ1) is 18.8. The smallest absolute Gasteiger partial charge is 0.263 e. The van der Waals surface area contributed by atoms with Crippen LogP contribution in [0.5, 0.6) is 5.75 Å². The van der Waals surface area contributed by atoms with Gasteiger partial charge in [-0.15, -0.1) is 0 Å². The van der Waals surface area contributed by atoms with Crippen molar-refractivity contribution in [2.45, 2.75) is 12.5 Å². The van der Waals surface area contributed by atoms with E-state index in [0.29, 0.717) is 23.0 Å². The quantitative estimate of drug-likeness (QED) is 0.748. The summed E-state index contributed by atoms with van der Waals surface area (Å²) in [5, 5.41) is 3.18. The summed E-state index contributed by atoms with van der Waals surface area (Å²) < 4.78 is 30.9. The van der Waals surface area contributed by atoms with E-state index < -0.39 is 16.1 Å². The lowest BCUT2D eigenvalue weighted by Crippen LogP contribution is -2.50. The van der Waals surface area contributed by atoms with Crippen LogP contribution < -0.4 is 14.4 Å². The van der Waals surface area contributed by atoms with Crippen molar-refractivity contribution in [3.8, 4) is 5.75 Å². The second kappa shape index (κ2) is 7.58. The molecule has 1 aliphatic heterocycles. The second-order valence-electron chi connectivity index (χ2n) is 5.96. The van der Waals surface area contributed by atoms with E-state index in [1.165, 1.54) is 6.07 Å². The van der Waals surface area contributed by atoms with Crippen LogP contribution in [0.25, 0.3) is 0 Å². The van der Waals surface area contributed by atoms with Gasteiger partial charge in [0, 0.05) is 11.6 Å². The summed E-state index contributed by atoms with van der Waals surface area (Å²) in [4.78, 5) is 14.3. The molecule has 1 aromatic carbocycles. The van der Waals surface area contributed by atoms with Crippen molar-refractivity contribution in [3.05, 3.63) is 23.2 Å². The van der Waals surface area contributed by atoms with Crippen LogP contribution in [-0.4, -0.2) is 65.3 Å². The number of sulfonamides is 1. The molecule has 2 rings (SSSR count). The number of ether oxygens (including phenoxy) is 1. The molecule has 1 heterocycles. The van der Waals surface area contributed by atoms with Crippen molar-refractivity contribution >= 4 is 33.2 Å². The second-order valence-corrected chi connectivity index (χ2v) is 8.30. The summed E-state index contributed by atoms with van der Waals surface area (Å²) in [5.41, 5.74) is 0.349. The molecule has 1 aliphatic rings. The van der Waals surface area contributed by atoms with Gasteiger partial charge in [0.05, 0.1) is 18.5 Å². The van der Waals surface area contributed by atoms with Crippen molar-refractivity contribution in [3.63, 3.8) is 0 Å². The van der Waals surface area contributed by atoms with Crippen LogP contribution in [0.1, 0.15) is 6.42 Å². The first-order chi connectivity index (χ1) is 11.2. The fourth-order valence-electron chi connectivity index (χ4n) is 2.40. The third kappa shape index (κ3) is 4.75. The van der Waals surface area contributed by atoms with Crippen LogP contribution in [0.2, 0.25) is 5.02 Å². The molecule has 0 saturated heterocycles. The number of hydrogen-bond donors (Lipinski definition) is 1. The number of fused-ring (bicyclic) bond motifs is 1. The number of benzene rings is 1. The van der Waals surface area contributed by atoms with Gasteiger partial charge < -0.3 is 15.0 Å². The van der Waals surface area contributed by atoms with Gasteiger partial charge in [-0.1, -0.05) is 11.6 Å². The predicted molar refractivity (Wildman–Crippen MR) is 94.2 cm³/mol. The molecule has 1 amide bonds. The highest BCUT2D eigenvalue weighted by Crippen LogP contribution is 2.36. The lowest BCUT2D eigenvalue weighted by Gasteiger charge is -2.34. The number of carbonyl (C=O) groups is 1. The van der Waals surface area contributed by atoms with Gasteiger partial charge in [-0.05, 0) is 45.3 Å². The summed E-state index contributed by atoms with van der Waals surface area (Å²) in [6, 6.07) is 4.68. The number of nitrogens with zero attached hydrogens (tertiary/aromatic N) is 2. The van der Waals surface area contributed by atoms with Gasteiger partial charge in [0.15, 0.2) is 6.10 Å². The minimum Gasteiger partial charge on any atom is -0.476 e. The first-order valence-corrected chi connectivity index (χ1v) is 9.77. The number of anilines is 1. The van der Waals surface area contributed by atoms with E-state index in [1.54, 1.807) is 12.1 Å². The Labute approximate surface area is 147 Å². The van der Waals surface area contributed by atoms with Crippen molar-refractivity contribution in [1.82, 2.24) is 10.2 Å². The van der Waals surface area contributed by atoms with Crippen molar-refractivity contribution < 1.29 is 17.9 Å². The average Bonchev–Trinajstić information content (AvgIpc) is 2.49. The van der Waals surface area contributed by atoms with E-state index in [2.05, 4.69) is 5.32 Å². The molecule has 7 nitrogen and oxygen atoms in total. The van der Waals surface area contributed by atoms with E-state index in [4.69, 9.17) is 16.3 Å². The van der Waals surface area contributed by atoms with Crippen LogP contribution in [-0.2, 0) is 14.8 Å². The molecule has 0 fully saturated rings. The average molecular weight is 376 g/mol. The van der Waals surface area contributed by atoms with Crippen LogP contribution in [0.15, 0.2) is 18.2 Å². The van der Waals surface area contributed by atoms with Gasteiger partial charge in [0.25, 0.3) is 5.91 Å². The number of amides is 1. The first-order valence-electron chi connectivity index (χ1n) is 7.55. The van der Waals surface area contributed by atoms with Crippen LogP contribution in [0.3, 0.4) is 0 Å². The highest BCUT2D eigenvalue weighted by Gasteiger charge is 2.35. The zero-order valence-corrected chi connectivity index (χ0v) is 15.5. The molecule has 1 atom stereocenters. The summed E-state index contributed by atoms with van der Waals surface area (Å²) in [6.45, 7) is 1.28. The van der Waals surface area contributed by atoms with Crippen molar-refractivity contribution in [2.75, 3.05) is 44.3 Å². The lowest BCUT2D eigenvalue weighted by atomic mass is 10.2. The molecule has 24 heavy (non-hydrogen) atoms. The highest BCUT2D eigenvalue weighted by atomic mass is 35.5. The molecule has 0 spiro atoms. The molecule has 0 radical (unpaired) electrons. The Morgan fingerprint density at radius 1 is 1.46 bits per heavy atom. The third-order valence-corrected chi connectivity index (χ3v) is 4.95. The van der Waals surface area contributed by atoms with E-state index in [1.807, 2.05) is 19.0 Å². The SMILES string of the molecule is CN(C)CCCNC(=O)C1CN(S(C)(=O)=O)c2cc(Cl)ccc2O1. The Balaban J connectivity index is 2.11. The summed E-state index contributed by atoms with van der Waals surface area (Å²) in [5.74, 6) is -0.00692.